The zero-order valence-electron chi connectivity index (χ0n) is 14.1. The van der Waals surface area contributed by atoms with Crippen LogP contribution in [0.2, 0.25) is 0 Å². The zero-order chi connectivity index (χ0) is 15.9. The van der Waals surface area contributed by atoms with Gasteiger partial charge in [-0.3, -0.25) is 0 Å². The zero-order valence-corrected chi connectivity index (χ0v) is 14.1. The summed E-state index contributed by atoms with van der Waals surface area (Å²) in [4.78, 5) is 0. The molecule has 1 nitrogen and oxygen atoms in total. The highest BCUT2D eigenvalue weighted by atomic mass is 16.5. The largest absolute Gasteiger partial charge is 0.457 e. The summed E-state index contributed by atoms with van der Waals surface area (Å²) < 4.78 is 5.58. The second-order valence-electron chi connectivity index (χ2n) is 5.50. The third-order valence-corrected chi connectivity index (χ3v) is 3.43. The smallest absolute Gasteiger partial charge is 0.127 e. The lowest BCUT2D eigenvalue weighted by atomic mass is 10.1. The second-order valence-corrected chi connectivity index (χ2v) is 5.50. The van der Waals surface area contributed by atoms with Gasteiger partial charge in [-0.25, -0.2) is 0 Å². The van der Waals surface area contributed by atoms with Gasteiger partial charge in [0, 0.05) is 0 Å². The van der Waals surface area contributed by atoms with Crippen molar-refractivity contribution in [1.29, 1.82) is 0 Å². The molecule has 2 aromatic carbocycles. The van der Waals surface area contributed by atoms with Crippen molar-refractivity contribution in [2.45, 2.75) is 58.8 Å². The van der Waals surface area contributed by atoms with Gasteiger partial charge in [0.2, 0.25) is 0 Å². The van der Waals surface area contributed by atoms with Crippen molar-refractivity contribution in [2.75, 3.05) is 0 Å². The average Bonchev–Trinajstić information content (AvgIpc) is 2.57. The number of benzene rings is 2. The Labute approximate surface area is 136 Å². The van der Waals surface area contributed by atoms with E-state index in [-0.39, 0.29) is 0 Å². The van der Waals surface area contributed by atoms with Gasteiger partial charge in [-0.2, -0.15) is 0 Å². The van der Waals surface area contributed by atoms with E-state index in [1.807, 2.05) is 60.7 Å². The molecule has 0 saturated heterocycles. The Morgan fingerprint density at radius 3 is 1.27 bits per heavy atom. The van der Waals surface area contributed by atoms with E-state index in [1.165, 1.54) is 44.9 Å². The molecule has 0 atom stereocenters. The SMILES string of the molecule is CCCCCCCCC.c1ccc(Oc2ccccc2)cc1. The van der Waals surface area contributed by atoms with E-state index >= 15 is 0 Å². The van der Waals surface area contributed by atoms with Crippen LogP contribution in [0.4, 0.5) is 0 Å². The van der Waals surface area contributed by atoms with Crippen LogP contribution in [0, 0.1) is 0 Å². The monoisotopic (exact) mass is 298 g/mol. The standard InChI is InChI=1S/C12H10O.C9H20/c1-3-7-11(8-4-1)13-12-9-5-2-6-10-12;1-3-5-7-9-8-6-4-2/h1-10H;3-9H2,1-2H3. The van der Waals surface area contributed by atoms with Gasteiger partial charge in [0.05, 0.1) is 0 Å². The predicted octanol–water partition coefficient (Wildman–Crippen LogP) is 7.24. The molecule has 0 bridgehead atoms. The molecule has 2 rings (SSSR count). The van der Waals surface area contributed by atoms with Crippen LogP contribution >= 0.6 is 0 Å². The van der Waals surface area contributed by atoms with E-state index in [0.29, 0.717) is 0 Å². The molecule has 0 radical (unpaired) electrons. The van der Waals surface area contributed by atoms with Gasteiger partial charge in [0.1, 0.15) is 11.5 Å². The van der Waals surface area contributed by atoms with Crippen LogP contribution in [-0.4, -0.2) is 0 Å². The fourth-order valence-electron chi connectivity index (χ4n) is 2.14. The average molecular weight is 298 g/mol. The molecule has 0 aliphatic carbocycles. The molecule has 0 spiro atoms. The van der Waals surface area contributed by atoms with Gasteiger partial charge in [0.15, 0.2) is 0 Å². The van der Waals surface area contributed by atoms with Crippen molar-refractivity contribution in [2.24, 2.45) is 0 Å². The molecular weight excluding hydrogens is 268 g/mol. The molecule has 1 heteroatoms. The Bertz CT molecular complexity index is 406. The summed E-state index contributed by atoms with van der Waals surface area (Å²) in [7, 11) is 0. The Kier molecular flexibility index (Phi) is 10.8. The molecular formula is C21H30O. The summed E-state index contributed by atoms with van der Waals surface area (Å²) in [6.45, 7) is 4.53. The highest BCUT2D eigenvalue weighted by Crippen LogP contribution is 2.19. The van der Waals surface area contributed by atoms with Crippen molar-refractivity contribution >= 4 is 0 Å². The van der Waals surface area contributed by atoms with Crippen molar-refractivity contribution in [1.82, 2.24) is 0 Å². The molecule has 0 unspecified atom stereocenters. The Hall–Kier alpha value is -1.76. The molecule has 22 heavy (non-hydrogen) atoms. The minimum Gasteiger partial charge on any atom is -0.457 e. The molecule has 120 valence electrons. The van der Waals surface area contributed by atoms with Gasteiger partial charge in [-0.15, -0.1) is 0 Å². The van der Waals surface area contributed by atoms with Crippen LogP contribution in [0.1, 0.15) is 58.8 Å². The lowest BCUT2D eigenvalue weighted by molar-refractivity contribution is 0.482. The molecule has 0 fully saturated rings. The molecule has 2 aromatic rings. The van der Waals surface area contributed by atoms with E-state index in [4.69, 9.17) is 4.74 Å². The van der Waals surface area contributed by atoms with Gasteiger partial charge in [-0.1, -0.05) is 95.2 Å². The molecule has 0 aromatic heterocycles. The van der Waals surface area contributed by atoms with E-state index in [1.54, 1.807) is 0 Å². The van der Waals surface area contributed by atoms with Crippen LogP contribution in [0.15, 0.2) is 60.7 Å². The highest BCUT2D eigenvalue weighted by Gasteiger charge is 1.92. The quantitative estimate of drug-likeness (QED) is 0.467. The molecule has 0 heterocycles. The summed E-state index contributed by atoms with van der Waals surface area (Å²) in [5, 5.41) is 0. The second kappa shape index (κ2) is 12.9. The van der Waals surface area contributed by atoms with Gasteiger partial charge < -0.3 is 4.74 Å². The molecule has 0 amide bonds. The number of hydrogen-bond acceptors (Lipinski definition) is 1. The maximum atomic E-state index is 5.58. The van der Waals surface area contributed by atoms with Crippen LogP contribution in [0.3, 0.4) is 0 Å². The first kappa shape index (κ1) is 18.3. The number of unbranched alkanes of at least 4 members (excludes halogenated alkanes) is 6. The number of rotatable bonds is 8. The summed E-state index contributed by atoms with van der Waals surface area (Å²) in [6, 6.07) is 19.5. The van der Waals surface area contributed by atoms with E-state index < -0.39 is 0 Å². The van der Waals surface area contributed by atoms with E-state index in [2.05, 4.69) is 13.8 Å². The Morgan fingerprint density at radius 2 is 0.909 bits per heavy atom. The molecule has 0 N–H and O–H groups in total. The normalized spacial score (nSPS) is 9.73. The van der Waals surface area contributed by atoms with Gasteiger partial charge in [-0.05, 0) is 24.3 Å². The lowest BCUT2D eigenvalue weighted by Gasteiger charge is -2.03. The third kappa shape index (κ3) is 9.23. The summed E-state index contributed by atoms with van der Waals surface area (Å²) in [5.74, 6) is 1.74. The lowest BCUT2D eigenvalue weighted by Crippen LogP contribution is -1.81. The van der Waals surface area contributed by atoms with Crippen molar-refractivity contribution in [3.63, 3.8) is 0 Å². The minimum absolute atomic E-state index is 0.869. The number of para-hydroxylation sites is 2. The minimum atomic E-state index is 0.869. The number of ether oxygens (including phenoxy) is 1. The first-order valence-electron chi connectivity index (χ1n) is 8.64. The fourth-order valence-corrected chi connectivity index (χ4v) is 2.14. The van der Waals surface area contributed by atoms with Gasteiger partial charge >= 0.3 is 0 Å². The van der Waals surface area contributed by atoms with Gasteiger partial charge in [0.25, 0.3) is 0 Å². The molecule has 0 aliphatic heterocycles. The first-order valence-corrected chi connectivity index (χ1v) is 8.64. The fraction of sp³-hybridized carbons (Fsp3) is 0.429. The molecule has 0 saturated carbocycles. The summed E-state index contributed by atoms with van der Waals surface area (Å²) >= 11 is 0. The highest BCUT2D eigenvalue weighted by molar-refractivity contribution is 5.30. The summed E-state index contributed by atoms with van der Waals surface area (Å²) in [6.07, 6.45) is 9.97. The van der Waals surface area contributed by atoms with Crippen molar-refractivity contribution in [3.05, 3.63) is 60.7 Å². The van der Waals surface area contributed by atoms with Crippen LogP contribution in [-0.2, 0) is 0 Å². The number of hydrogen-bond donors (Lipinski definition) is 0. The summed E-state index contributed by atoms with van der Waals surface area (Å²) in [5.41, 5.74) is 0. The maximum absolute atomic E-state index is 5.58. The Morgan fingerprint density at radius 1 is 0.545 bits per heavy atom. The van der Waals surface area contributed by atoms with Crippen molar-refractivity contribution in [3.8, 4) is 11.5 Å². The Balaban J connectivity index is 0.000000239. The van der Waals surface area contributed by atoms with E-state index in [9.17, 15) is 0 Å². The predicted molar refractivity (Wildman–Crippen MR) is 96.6 cm³/mol. The third-order valence-electron chi connectivity index (χ3n) is 3.43. The van der Waals surface area contributed by atoms with Crippen LogP contribution in [0.25, 0.3) is 0 Å². The van der Waals surface area contributed by atoms with Crippen LogP contribution in [0.5, 0.6) is 11.5 Å². The van der Waals surface area contributed by atoms with Crippen molar-refractivity contribution < 1.29 is 4.74 Å². The van der Waals surface area contributed by atoms with Crippen LogP contribution < -0.4 is 4.74 Å². The topological polar surface area (TPSA) is 9.23 Å². The first-order chi connectivity index (χ1) is 10.9. The maximum Gasteiger partial charge on any atom is 0.127 e. The molecule has 0 aliphatic rings. The van der Waals surface area contributed by atoms with E-state index in [0.717, 1.165) is 11.5 Å².